The molecule has 1 aromatic heterocycles. The van der Waals surface area contributed by atoms with Crippen molar-refractivity contribution in [3.05, 3.63) is 75.6 Å². The molecule has 0 unspecified atom stereocenters. The summed E-state index contributed by atoms with van der Waals surface area (Å²) in [5.41, 5.74) is 1.20. The summed E-state index contributed by atoms with van der Waals surface area (Å²) >= 11 is 1.08. The fraction of sp³-hybridized carbons (Fsp3) is 0.0625. The Kier molecular flexibility index (Phi) is 4.66. The van der Waals surface area contributed by atoms with Crippen LogP contribution in [0.4, 0.5) is 5.69 Å². The second kappa shape index (κ2) is 7.05. The van der Waals surface area contributed by atoms with Crippen molar-refractivity contribution in [1.29, 1.82) is 0 Å². The Labute approximate surface area is 141 Å². The SMILES string of the molecule is O=Cc1ccc(Sc2n[nH]c(Cc3ccccc3)n2)c([N+](=O)[O-])c1. The highest BCUT2D eigenvalue weighted by atomic mass is 32.2. The van der Waals surface area contributed by atoms with Gasteiger partial charge in [-0.2, -0.15) is 0 Å². The second-order valence-electron chi connectivity index (χ2n) is 4.93. The summed E-state index contributed by atoms with van der Waals surface area (Å²) in [6, 6.07) is 14.1. The van der Waals surface area contributed by atoms with Gasteiger partial charge in [0.05, 0.1) is 9.82 Å². The van der Waals surface area contributed by atoms with Gasteiger partial charge in [-0.1, -0.05) is 36.4 Å². The minimum Gasteiger partial charge on any atom is -0.298 e. The first-order valence-corrected chi connectivity index (χ1v) is 7.84. The number of aromatic nitrogens is 3. The van der Waals surface area contributed by atoms with Crippen molar-refractivity contribution in [3.8, 4) is 0 Å². The smallest absolute Gasteiger partial charge is 0.284 e. The molecule has 3 rings (SSSR count). The van der Waals surface area contributed by atoms with Gasteiger partial charge in [-0.3, -0.25) is 20.0 Å². The molecular weight excluding hydrogens is 328 g/mol. The maximum atomic E-state index is 11.2. The van der Waals surface area contributed by atoms with Crippen LogP contribution in [-0.4, -0.2) is 26.4 Å². The molecule has 0 saturated carbocycles. The van der Waals surface area contributed by atoms with Crippen molar-refractivity contribution in [3.63, 3.8) is 0 Å². The standard InChI is InChI=1S/C16H12N4O3S/c21-10-12-6-7-14(13(8-12)20(22)23)24-16-17-15(18-19-16)9-11-4-2-1-3-5-11/h1-8,10H,9H2,(H,17,18,19). The van der Waals surface area contributed by atoms with Gasteiger partial charge in [-0.05, 0) is 23.4 Å². The van der Waals surface area contributed by atoms with Gasteiger partial charge in [0.1, 0.15) is 12.1 Å². The van der Waals surface area contributed by atoms with E-state index >= 15 is 0 Å². The maximum absolute atomic E-state index is 11.2. The molecule has 0 amide bonds. The van der Waals surface area contributed by atoms with Crippen LogP contribution in [0.25, 0.3) is 0 Å². The lowest BCUT2D eigenvalue weighted by Crippen LogP contribution is -1.93. The van der Waals surface area contributed by atoms with Gasteiger partial charge in [-0.15, -0.1) is 5.10 Å². The molecule has 0 radical (unpaired) electrons. The topological polar surface area (TPSA) is 102 Å². The van der Waals surface area contributed by atoms with E-state index in [0.29, 0.717) is 28.6 Å². The predicted molar refractivity (Wildman–Crippen MR) is 88.2 cm³/mol. The lowest BCUT2D eigenvalue weighted by Gasteiger charge is -2.00. The average molecular weight is 340 g/mol. The number of nitrogens with one attached hydrogen (secondary N) is 1. The van der Waals surface area contributed by atoms with E-state index < -0.39 is 4.92 Å². The molecule has 24 heavy (non-hydrogen) atoms. The van der Waals surface area contributed by atoms with Crippen LogP contribution < -0.4 is 0 Å². The number of benzene rings is 2. The minimum absolute atomic E-state index is 0.140. The van der Waals surface area contributed by atoms with Crippen LogP contribution in [0.5, 0.6) is 0 Å². The Morgan fingerprint density at radius 3 is 2.71 bits per heavy atom. The molecule has 0 aliphatic heterocycles. The van der Waals surface area contributed by atoms with E-state index in [1.165, 1.54) is 18.2 Å². The molecular formula is C16H12N4O3S. The van der Waals surface area contributed by atoms with Crippen molar-refractivity contribution >= 4 is 23.7 Å². The van der Waals surface area contributed by atoms with E-state index in [1.54, 1.807) is 0 Å². The molecule has 120 valence electrons. The van der Waals surface area contributed by atoms with E-state index in [-0.39, 0.29) is 11.3 Å². The van der Waals surface area contributed by atoms with Crippen molar-refractivity contribution in [2.75, 3.05) is 0 Å². The van der Waals surface area contributed by atoms with Gasteiger partial charge >= 0.3 is 0 Å². The number of carbonyl (C=O) groups excluding carboxylic acids is 1. The number of rotatable bonds is 6. The van der Waals surface area contributed by atoms with Crippen molar-refractivity contribution in [1.82, 2.24) is 15.2 Å². The van der Waals surface area contributed by atoms with E-state index in [2.05, 4.69) is 15.2 Å². The van der Waals surface area contributed by atoms with Crippen LogP contribution in [0.1, 0.15) is 21.7 Å². The minimum atomic E-state index is -0.521. The second-order valence-corrected chi connectivity index (χ2v) is 5.94. The number of hydrogen-bond acceptors (Lipinski definition) is 6. The molecule has 0 spiro atoms. The van der Waals surface area contributed by atoms with Crippen LogP contribution in [-0.2, 0) is 6.42 Å². The van der Waals surface area contributed by atoms with Crippen LogP contribution in [0.2, 0.25) is 0 Å². The number of aldehydes is 1. The summed E-state index contributed by atoms with van der Waals surface area (Å²) in [7, 11) is 0. The molecule has 0 aliphatic carbocycles. The number of hydrogen-bond donors (Lipinski definition) is 1. The Morgan fingerprint density at radius 1 is 1.21 bits per heavy atom. The fourth-order valence-corrected chi connectivity index (χ4v) is 2.94. The first-order valence-electron chi connectivity index (χ1n) is 7.02. The monoisotopic (exact) mass is 340 g/mol. The highest BCUT2D eigenvalue weighted by Gasteiger charge is 2.17. The normalized spacial score (nSPS) is 10.5. The molecule has 0 bridgehead atoms. The lowest BCUT2D eigenvalue weighted by atomic mass is 10.1. The van der Waals surface area contributed by atoms with E-state index in [1.807, 2.05) is 30.3 Å². The Balaban J connectivity index is 1.80. The number of carbonyl (C=O) groups is 1. The number of nitro groups is 1. The zero-order valence-corrected chi connectivity index (χ0v) is 13.2. The molecule has 1 heterocycles. The zero-order valence-electron chi connectivity index (χ0n) is 12.4. The van der Waals surface area contributed by atoms with Crippen molar-refractivity contribution in [2.24, 2.45) is 0 Å². The zero-order chi connectivity index (χ0) is 16.9. The number of aromatic amines is 1. The number of nitrogens with zero attached hydrogens (tertiary/aromatic N) is 3. The molecule has 0 fully saturated rings. The lowest BCUT2D eigenvalue weighted by molar-refractivity contribution is -0.387. The van der Waals surface area contributed by atoms with Gasteiger partial charge in [0.2, 0.25) is 5.16 Å². The van der Waals surface area contributed by atoms with E-state index in [9.17, 15) is 14.9 Å². The highest BCUT2D eigenvalue weighted by Crippen LogP contribution is 2.33. The van der Waals surface area contributed by atoms with Gasteiger partial charge in [0.25, 0.3) is 5.69 Å². The largest absolute Gasteiger partial charge is 0.298 e. The first kappa shape index (κ1) is 15.9. The third-order valence-electron chi connectivity index (χ3n) is 3.24. The Hall–Kier alpha value is -3.00. The number of H-pyrrole nitrogens is 1. The van der Waals surface area contributed by atoms with Crippen molar-refractivity contribution < 1.29 is 9.72 Å². The van der Waals surface area contributed by atoms with Gasteiger partial charge < -0.3 is 0 Å². The summed E-state index contributed by atoms with van der Waals surface area (Å²) < 4.78 is 0. The fourth-order valence-electron chi connectivity index (χ4n) is 2.13. The van der Waals surface area contributed by atoms with E-state index in [0.717, 1.165) is 17.3 Å². The maximum Gasteiger partial charge on any atom is 0.284 e. The Bertz CT molecular complexity index is 880. The molecule has 2 aromatic carbocycles. The molecule has 0 atom stereocenters. The summed E-state index contributed by atoms with van der Waals surface area (Å²) in [5.74, 6) is 0.677. The average Bonchev–Trinajstić information content (AvgIpc) is 3.03. The van der Waals surface area contributed by atoms with Crippen LogP contribution >= 0.6 is 11.8 Å². The highest BCUT2D eigenvalue weighted by molar-refractivity contribution is 7.99. The first-order chi connectivity index (χ1) is 11.7. The molecule has 1 N–H and O–H groups in total. The van der Waals surface area contributed by atoms with Crippen LogP contribution in [0, 0.1) is 10.1 Å². The van der Waals surface area contributed by atoms with Crippen LogP contribution in [0.15, 0.2) is 58.6 Å². The molecule has 3 aromatic rings. The summed E-state index contributed by atoms with van der Waals surface area (Å²) in [6.07, 6.45) is 1.17. The molecule has 8 heteroatoms. The molecule has 7 nitrogen and oxygen atoms in total. The summed E-state index contributed by atoms with van der Waals surface area (Å²) in [5, 5.41) is 18.5. The van der Waals surface area contributed by atoms with Gasteiger partial charge in [0, 0.05) is 18.1 Å². The quantitative estimate of drug-likeness (QED) is 0.420. The molecule has 0 saturated heterocycles. The van der Waals surface area contributed by atoms with E-state index in [4.69, 9.17) is 0 Å². The summed E-state index contributed by atoms with van der Waals surface area (Å²) in [4.78, 5) is 26.1. The Morgan fingerprint density at radius 2 is 2.00 bits per heavy atom. The van der Waals surface area contributed by atoms with Crippen molar-refractivity contribution in [2.45, 2.75) is 16.5 Å². The third-order valence-corrected chi connectivity index (χ3v) is 4.17. The number of nitro benzene ring substituents is 1. The third kappa shape index (κ3) is 3.66. The van der Waals surface area contributed by atoms with Crippen LogP contribution in [0.3, 0.4) is 0 Å². The summed E-state index contributed by atoms with van der Waals surface area (Å²) in [6.45, 7) is 0. The van der Waals surface area contributed by atoms with Gasteiger partial charge in [0.15, 0.2) is 0 Å². The molecule has 0 aliphatic rings. The van der Waals surface area contributed by atoms with Gasteiger partial charge in [-0.25, -0.2) is 4.98 Å². The predicted octanol–water partition coefficient (Wildman–Crippen LogP) is 3.27.